The number of nitrogens with zero attached hydrogens (tertiary/aromatic N) is 1. The van der Waals surface area contributed by atoms with Crippen LogP contribution in [0.3, 0.4) is 0 Å². The molecule has 0 amide bonds. The van der Waals surface area contributed by atoms with Crippen molar-refractivity contribution in [2.24, 2.45) is 0 Å². The van der Waals surface area contributed by atoms with Crippen LogP contribution >= 0.6 is 0 Å². The minimum Gasteiger partial charge on any atom is -0.382 e. The van der Waals surface area contributed by atoms with E-state index in [9.17, 15) is 0 Å². The highest BCUT2D eigenvalue weighted by Crippen LogP contribution is 2.19. The standard InChI is InChI=1S/C12H16N2/c1-4-9(2)14-12-7-5-6-11(8-13)10(12)3/h5-7,9,14H,4H2,1-3H3. The van der Waals surface area contributed by atoms with Gasteiger partial charge in [0.15, 0.2) is 0 Å². The molecule has 1 aromatic carbocycles. The first kappa shape index (κ1) is 10.6. The maximum Gasteiger partial charge on any atom is 0.0995 e. The molecular weight excluding hydrogens is 172 g/mol. The minimum atomic E-state index is 0.447. The molecule has 0 aliphatic carbocycles. The van der Waals surface area contributed by atoms with Gasteiger partial charge in [-0.05, 0) is 38.0 Å². The van der Waals surface area contributed by atoms with Crippen LogP contribution in [0, 0.1) is 18.3 Å². The zero-order valence-electron chi connectivity index (χ0n) is 8.96. The van der Waals surface area contributed by atoms with Gasteiger partial charge in [0, 0.05) is 11.7 Å². The molecule has 0 saturated heterocycles. The molecule has 2 heteroatoms. The quantitative estimate of drug-likeness (QED) is 0.791. The molecule has 1 unspecified atom stereocenters. The van der Waals surface area contributed by atoms with Gasteiger partial charge in [-0.25, -0.2) is 0 Å². The third-order valence-electron chi connectivity index (χ3n) is 2.47. The zero-order chi connectivity index (χ0) is 10.6. The van der Waals surface area contributed by atoms with E-state index in [1.54, 1.807) is 0 Å². The zero-order valence-corrected chi connectivity index (χ0v) is 8.96. The fourth-order valence-electron chi connectivity index (χ4n) is 1.28. The van der Waals surface area contributed by atoms with Gasteiger partial charge in [-0.3, -0.25) is 0 Å². The summed E-state index contributed by atoms with van der Waals surface area (Å²) in [7, 11) is 0. The highest BCUT2D eigenvalue weighted by Gasteiger charge is 2.04. The van der Waals surface area contributed by atoms with Crippen LogP contribution in [0.2, 0.25) is 0 Å². The summed E-state index contributed by atoms with van der Waals surface area (Å²) in [6, 6.07) is 8.41. The van der Waals surface area contributed by atoms with Gasteiger partial charge in [-0.1, -0.05) is 13.0 Å². The summed E-state index contributed by atoms with van der Waals surface area (Å²) < 4.78 is 0. The second kappa shape index (κ2) is 4.66. The van der Waals surface area contributed by atoms with Crippen molar-refractivity contribution in [1.82, 2.24) is 0 Å². The van der Waals surface area contributed by atoms with Crippen LogP contribution in [-0.2, 0) is 0 Å². The lowest BCUT2D eigenvalue weighted by Crippen LogP contribution is -2.14. The van der Waals surface area contributed by atoms with Crippen molar-refractivity contribution in [2.45, 2.75) is 33.2 Å². The van der Waals surface area contributed by atoms with Crippen LogP contribution < -0.4 is 5.32 Å². The van der Waals surface area contributed by atoms with Crippen molar-refractivity contribution >= 4 is 5.69 Å². The molecule has 0 radical (unpaired) electrons. The van der Waals surface area contributed by atoms with E-state index in [4.69, 9.17) is 5.26 Å². The molecule has 0 heterocycles. The van der Waals surface area contributed by atoms with E-state index in [-0.39, 0.29) is 0 Å². The third-order valence-corrected chi connectivity index (χ3v) is 2.47. The first-order valence-electron chi connectivity index (χ1n) is 4.95. The van der Waals surface area contributed by atoms with Crippen molar-refractivity contribution in [3.63, 3.8) is 0 Å². The van der Waals surface area contributed by atoms with Gasteiger partial charge in [0.25, 0.3) is 0 Å². The maximum absolute atomic E-state index is 8.86. The lowest BCUT2D eigenvalue weighted by atomic mass is 10.1. The van der Waals surface area contributed by atoms with E-state index in [0.717, 1.165) is 23.2 Å². The van der Waals surface area contributed by atoms with Gasteiger partial charge in [-0.2, -0.15) is 5.26 Å². The van der Waals surface area contributed by atoms with E-state index in [1.165, 1.54) is 0 Å². The largest absolute Gasteiger partial charge is 0.382 e. The Kier molecular flexibility index (Phi) is 3.53. The van der Waals surface area contributed by atoms with Crippen LogP contribution in [0.25, 0.3) is 0 Å². The Labute approximate surface area is 85.6 Å². The van der Waals surface area contributed by atoms with Crippen molar-refractivity contribution in [3.8, 4) is 6.07 Å². The highest BCUT2D eigenvalue weighted by molar-refractivity contribution is 5.57. The monoisotopic (exact) mass is 188 g/mol. The average molecular weight is 188 g/mol. The van der Waals surface area contributed by atoms with Gasteiger partial charge in [-0.15, -0.1) is 0 Å². The number of hydrogen-bond donors (Lipinski definition) is 1. The predicted octanol–water partition coefficient (Wildman–Crippen LogP) is 3.08. The lowest BCUT2D eigenvalue weighted by molar-refractivity contribution is 0.763. The molecule has 0 bridgehead atoms. The van der Waals surface area contributed by atoms with Gasteiger partial charge in [0.2, 0.25) is 0 Å². The number of hydrogen-bond acceptors (Lipinski definition) is 2. The first-order valence-corrected chi connectivity index (χ1v) is 4.95. The van der Waals surface area contributed by atoms with Crippen LogP contribution in [0.15, 0.2) is 18.2 Å². The molecule has 0 spiro atoms. The second-order valence-electron chi connectivity index (χ2n) is 3.54. The summed E-state index contributed by atoms with van der Waals surface area (Å²) >= 11 is 0. The summed E-state index contributed by atoms with van der Waals surface area (Å²) in [5.41, 5.74) is 2.85. The topological polar surface area (TPSA) is 35.8 Å². The Hall–Kier alpha value is -1.49. The number of benzene rings is 1. The predicted molar refractivity (Wildman–Crippen MR) is 59.3 cm³/mol. The number of anilines is 1. The van der Waals surface area contributed by atoms with E-state index < -0.39 is 0 Å². The molecule has 0 saturated carbocycles. The normalized spacial score (nSPS) is 11.9. The fourth-order valence-corrected chi connectivity index (χ4v) is 1.28. The first-order chi connectivity index (χ1) is 6.69. The highest BCUT2D eigenvalue weighted by atomic mass is 14.9. The molecule has 0 aromatic heterocycles. The Morgan fingerprint density at radius 3 is 2.79 bits per heavy atom. The third kappa shape index (κ3) is 2.26. The van der Waals surface area contributed by atoms with Crippen LogP contribution in [-0.4, -0.2) is 6.04 Å². The lowest BCUT2D eigenvalue weighted by Gasteiger charge is -2.15. The summed E-state index contributed by atoms with van der Waals surface area (Å²) in [5, 5.41) is 12.2. The number of nitrogens with one attached hydrogen (secondary N) is 1. The van der Waals surface area contributed by atoms with E-state index in [2.05, 4.69) is 25.2 Å². The molecule has 14 heavy (non-hydrogen) atoms. The van der Waals surface area contributed by atoms with Crippen LogP contribution in [0.1, 0.15) is 31.4 Å². The van der Waals surface area contributed by atoms with Gasteiger partial charge in [0.05, 0.1) is 11.6 Å². The average Bonchev–Trinajstić information content (AvgIpc) is 2.21. The van der Waals surface area contributed by atoms with E-state index >= 15 is 0 Å². The van der Waals surface area contributed by atoms with Crippen LogP contribution in [0.5, 0.6) is 0 Å². The van der Waals surface area contributed by atoms with Crippen molar-refractivity contribution in [1.29, 1.82) is 5.26 Å². The molecular formula is C12H16N2. The summed E-state index contributed by atoms with van der Waals surface area (Å²) in [4.78, 5) is 0. The van der Waals surface area contributed by atoms with Gasteiger partial charge in [0.1, 0.15) is 0 Å². The smallest absolute Gasteiger partial charge is 0.0995 e. The Morgan fingerprint density at radius 1 is 1.50 bits per heavy atom. The molecule has 1 N–H and O–H groups in total. The van der Waals surface area contributed by atoms with Crippen LogP contribution in [0.4, 0.5) is 5.69 Å². The molecule has 0 fully saturated rings. The fraction of sp³-hybridized carbons (Fsp3) is 0.417. The maximum atomic E-state index is 8.86. The van der Waals surface area contributed by atoms with E-state index in [0.29, 0.717) is 6.04 Å². The molecule has 1 rings (SSSR count). The second-order valence-corrected chi connectivity index (χ2v) is 3.54. The Balaban J connectivity index is 2.94. The van der Waals surface area contributed by atoms with Crippen molar-refractivity contribution < 1.29 is 0 Å². The van der Waals surface area contributed by atoms with Gasteiger partial charge < -0.3 is 5.32 Å². The Bertz CT molecular complexity index is 350. The summed E-state index contributed by atoms with van der Waals surface area (Å²) in [6.07, 6.45) is 1.08. The minimum absolute atomic E-state index is 0.447. The Morgan fingerprint density at radius 2 is 2.21 bits per heavy atom. The summed E-state index contributed by atoms with van der Waals surface area (Å²) in [5.74, 6) is 0. The SMILES string of the molecule is CCC(C)Nc1cccc(C#N)c1C. The molecule has 0 aliphatic heterocycles. The van der Waals surface area contributed by atoms with Gasteiger partial charge >= 0.3 is 0 Å². The molecule has 2 nitrogen and oxygen atoms in total. The summed E-state index contributed by atoms with van der Waals surface area (Å²) in [6.45, 7) is 6.25. The molecule has 0 aliphatic rings. The molecule has 74 valence electrons. The molecule has 1 atom stereocenters. The van der Waals surface area contributed by atoms with E-state index in [1.807, 2.05) is 25.1 Å². The van der Waals surface area contributed by atoms with Crippen molar-refractivity contribution in [3.05, 3.63) is 29.3 Å². The van der Waals surface area contributed by atoms with Crippen molar-refractivity contribution in [2.75, 3.05) is 5.32 Å². The number of rotatable bonds is 3. The molecule has 1 aromatic rings. The number of nitriles is 1.